The molecule has 1 aromatic rings. The minimum Gasteiger partial charge on any atom is -0.497 e. The van der Waals surface area contributed by atoms with Gasteiger partial charge in [-0.2, -0.15) is 0 Å². The van der Waals surface area contributed by atoms with Crippen molar-refractivity contribution in [1.82, 2.24) is 4.90 Å². The number of carbonyl (C=O) groups excluding carboxylic acids is 1. The summed E-state index contributed by atoms with van der Waals surface area (Å²) in [6.07, 6.45) is 6.05. The molecule has 0 amide bonds. The summed E-state index contributed by atoms with van der Waals surface area (Å²) in [6.45, 7) is 2.71. The van der Waals surface area contributed by atoms with Crippen LogP contribution in [0, 0.1) is 11.8 Å². The van der Waals surface area contributed by atoms with Gasteiger partial charge in [0, 0.05) is 31.3 Å². The third kappa shape index (κ3) is 3.31. The van der Waals surface area contributed by atoms with Crippen LogP contribution in [0.1, 0.15) is 5.56 Å². The summed E-state index contributed by atoms with van der Waals surface area (Å²) in [7, 11) is 4.74. The predicted molar refractivity (Wildman–Crippen MR) is 91.0 cm³/mol. The van der Waals surface area contributed by atoms with Gasteiger partial charge in [-0.3, -0.25) is 4.90 Å². The van der Waals surface area contributed by atoms with E-state index >= 15 is 0 Å². The number of benzene rings is 1. The number of carbonyl (C=O) groups is 1. The zero-order valence-corrected chi connectivity index (χ0v) is 14.3. The van der Waals surface area contributed by atoms with Gasteiger partial charge in [0.2, 0.25) is 0 Å². The number of nitrogens with zero attached hydrogens (tertiary/aromatic N) is 1. The van der Waals surface area contributed by atoms with E-state index in [-0.39, 0.29) is 5.97 Å². The third-order valence-electron chi connectivity index (χ3n) is 4.71. The molecule has 0 bridgehead atoms. The molecule has 0 radical (unpaired) electrons. The Morgan fingerprint density at radius 1 is 1.17 bits per heavy atom. The molecule has 0 N–H and O–H groups in total. The van der Waals surface area contributed by atoms with Crippen molar-refractivity contribution in [1.29, 1.82) is 0 Å². The van der Waals surface area contributed by atoms with Gasteiger partial charge >= 0.3 is 5.97 Å². The van der Waals surface area contributed by atoms with Gasteiger partial charge in [-0.15, -0.1) is 0 Å². The van der Waals surface area contributed by atoms with Gasteiger partial charge < -0.3 is 14.2 Å². The van der Waals surface area contributed by atoms with E-state index < -0.39 is 0 Å². The van der Waals surface area contributed by atoms with Crippen LogP contribution in [0.5, 0.6) is 11.5 Å². The Kier molecular flexibility index (Phi) is 4.90. The smallest absolute Gasteiger partial charge is 0.337 e. The maximum atomic E-state index is 11.7. The Bertz CT molecular complexity index is 680. The fourth-order valence-electron chi connectivity index (χ4n) is 3.44. The summed E-state index contributed by atoms with van der Waals surface area (Å²) in [5.41, 5.74) is 1.79. The molecular weight excluding hydrogens is 306 g/mol. The molecule has 1 heterocycles. The van der Waals surface area contributed by atoms with Crippen LogP contribution in [-0.2, 0) is 16.1 Å². The zero-order valence-electron chi connectivity index (χ0n) is 14.3. The second kappa shape index (κ2) is 7.09. The molecular formula is C19H23NO4. The van der Waals surface area contributed by atoms with Crippen LogP contribution in [0.2, 0.25) is 0 Å². The number of fused-ring (bicyclic) bond motifs is 1. The van der Waals surface area contributed by atoms with Crippen molar-refractivity contribution in [2.75, 3.05) is 34.4 Å². The van der Waals surface area contributed by atoms with E-state index in [1.807, 2.05) is 30.4 Å². The molecule has 128 valence electrons. The Morgan fingerprint density at radius 3 is 2.67 bits per heavy atom. The molecule has 0 saturated carbocycles. The summed E-state index contributed by atoms with van der Waals surface area (Å²) in [5.74, 6) is 2.17. The normalized spacial score (nSPS) is 22.7. The van der Waals surface area contributed by atoms with E-state index in [1.165, 1.54) is 7.11 Å². The molecule has 1 aromatic carbocycles. The lowest BCUT2D eigenvalue weighted by Gasteiger charge is -2.18. The van der Waals surface area contributed by atoms with Crippen molar-refractivity contribution < 1.29 is 19.0 Å². The lowest BCUT2D eigenvalue weighted by Crippen LogP contribution is -2.20. The summed E-state index contributed by atoms with van der Waals surface area (Å²) in [4.78, 5) is 14.1. The summed E-state index contributed by atoms with van der Waals surface area (Å²) < 4.78 is 15.5. The Hall–Kier alpha value is -2.27. The molecule has 3 rings (SSSR count). The first kappa shape index (κ1) is 16.6. The van der Waals surface area contributed by atoms with E-state index in [4.69, 9.17) is 14.2 Å². The van der Waals surface area contributed by atoms with Crippen LogP contribution >= 0.6 is 0 Å². The minimum absolute atomic E-state index is 0.264. The molecule has 24 heavy (non-hydrogen) atoms. The average molecular weight is 329 g/mol. The average Bonchev–Trinajstić information content (AvgIpc) is 3.02. The topological polar surface area (TPSA) is 48.0 Å². The van der Waals surface area contributed by atoms with Crippen molar-refractivity contribution in [3.8, 4) is 11.5 Å². The fourth-order valence-corrected chi connectivity index (χ4v) is 3.44. The molecule has 1 fully saturated rings. The Morgan fingerprint density at radius 2 is 1.96 bits per heavy atom. The predicted octanol–water partition coefficient (Wildman–Crippen LogP) is 2.42. The van der Waals surface area contributed by atoms with Gasteiger partial charge in [-0.25, -0.2) is 4.79 Å². The summed E-state index contributed by atoms with van der Waals surface area (Å²) in [6, 6.07) is 5.91. The quantitative estimate of drug-likeness (QED) is 0.777. The molecule has 5 nitrogen and oxygen atoms in total. The molecule has 1 saturated heterocycles. The van der Waals surface area contributed by atoms with Crippen LogP contribution in [0.4, 0.5) is 0 Å². The van der Waals surface area contributed by atoms with Gasteiger partial charge in [0.15, 0.2) is 0 Å². The van der Waals surface area contributed by atoms with Crippen LogP contribution in [0.25, 0.3) is 0 Å². The first-order chi connectivity index (χ1) is 11.6. The third-order valence-corrected chi connectivity index (χ3v) is 4.71. The van der Waals surface area contributed by atoms with Gasteiger partial charge in [0.05, 0.1) is 26.9 Å². The molecule has 1 aliphatic carbocycles. The molecule has 0 aromatic heterocycles. The highest BCUT2D eigenvalue weighted by atomic mass is 16.5. The lowest BCUT2D eigenvalue weighted by molar-refractivity contribution is -0.135. The molecule has 1 aliphatic heterocycles. The minimum atomic E-state index is -0.264. The van der Waals surface area contributed by atoms with Crippen molar-refractivity contribution in [3.63, 3.8) is 0 Å². The summed E-state index contributed by atoms with van der Waals surface area (Å²) in [5, 5.41) is 0. The number of methoxy groups -OCH3 is 3. The number of hydrogen-bond acceptors (Lipinski definition) is 5. The number of ether oxygens (including phenoxy) is 3. The fraction of sp³-hybridized carbons (Fsp3) is 0.421. The monoisotopic (exact) mass is 329 g/mol. The van der Waals surface area contributed by atoms with Crippen LogP contribution in [0.3, 0.4) is 0 Å². The SMILES string of the molecule is COC(=O)C1=CC2CN(Cc3ccc(OC)cc3OC)CC2C=C1. The Balaban J connectivity index is 1.70. The second-order valence-electron chi connectivity index (χ2n) is 6.17. The van der Waals surface area contributed by atoms with E-state index in [0.717, 1.165) is 36.7 Å². The molecule has 2 unspecified atom stereocenters. The van der Waals surface area contributed by atoms with Gasteiger partial charge in [-0.1, -0.05) is 24.3 Å². The maximum Gasteiger partial charge on any atom is 0.337 e. The van der Waals surface area contributed by atoms with E-state index in [1.54, 1.807) is 14.2 Å². The van der Waals surface area contributed by atoms with E-state index in [2.05, 4.69) is 11.0 Å². The number of likely N-dealkylation sites (tertiary alicyclic amines) is 1. The van der Waals surface area contributed by atoms with Gasteiger partial charge in [0.1, 0.15) is 11.5 Å². The van der Waals surface area contributed by atoms with Crippen molar-refractivity contribution >= 4 is 5.97 Å². The molecule has 2 aliphatic rings. The van der Waals surface area contributed by atoms with E-state index in [0.29, 0.717) is 17.4 Å². The van der Waals surface area contributed by atoms with Gasteiger partial charge in [0.25, 0.3) is 0 Å². The lowest BCUT2D eigenvalue weighted by atomic mass is 9.89. The first-order valence-electron chi connectivity index (χ1n) is 8.06. The number of rotatable bonds is 5. The number of esters is 1. The molecule has 5 heteroatoms. The molecule has 2 atom stereocenters. The van der Waals surface area contributed by atoms with Crippen molar-refractivity contribution in [3.05, 3.63) is 47.6 Å². The molecule has 0 spiro atoms. The van der Waals surface area contributed by atoms with Crippen LogP contribution in [0.15, 0.2) is 42.0 Å². The van der Waals surface area contributed by atoms with E-state index in [9.17, 15) is 4.79 Å². The Labute approximate surface area is 142 Å². The standard InChI is InChI=1S/C19H23NO4/c1-22-17-7-6-15(18(9-17)23-2)11-20-10-14-5-4-13(19(21)24-3)8-16(14)12-20/h4-9,14,16H,10-12H2,1-3H3. The zero-order chi connectivity index (χ0) is 17.1. The van der Waals surface area contributed by atoms with Crippen molar-refractivity contribution in [2.45, 2.75) is 6.54 Å². The second-order valence-corrected chi connectivity index (χ2v) is 6.17. The first-order valence-corrected chi connectivity index (χ1v) is 8.06. The maximum absolute atomic E-state index is 11.7. The van der Waals surface area contributed by atoms with Crippen LogP contribution in [-0.4, -0.2) is 45.3 Å². The highest BCUT2D eigenvalue weighted by Gasteiger charge is 2.33. The van der Waals surface area contributed by atoms with Gasteiger partial charge in [-0.05, 0) is 17.9 Å². The largest absolute Gasteiger partial charge is 0.497 e. The highest BCUT2D eigenvalue weighted by molar-refractivity contribution is 5.91. The van der Waals surface area contributed by atoms with Crippen molar-refractivity contribution in [2.24, 2.45) is 11.8 Å². The summed E-state index contributed by atoms with van der Waals surface area (Å²) >= 11 is 0. The number of hydrogen-bond donors (Lipinski definition) is 0. The van der Waals surface area contributed by atoms with Crippen LogP contribution < -0.4 is 9.47 Å². The highest BCUT2D eigenvalue weighted by Crippen LogP contribution is 2.33.